The van der Waals surface area contributed by atoms with Gasteiger partial charge in [-0.2, -0.15) is 0 Å². The summed E-state index contributed by atoms with van der Waals surface area (Å²) in [6, 6.07) is 7.91. The number of carboxylic acid groups (broad SMARTS) is 1. The zero-order valence-electron chi connectivity index (χ0n) is 10.5. The van der Waals surface area contributed by atoms with Crippen molar-refractivity contribution in [3.8, 4) is 0 Å². The molecule has 0 saturated heterocycles. The Hall–Kier alpha value is -1.39. The van der Waals surface area contributed by atoms with Crippen LogP contribution in [0.1, 0.15) is 18.9 Å². The van der Waals surface area contributed by atoms with Crippen LogP contribution in [-0.2, 0) is 14.9 Å². The van der Waals surface area contributed by atoms with Gasteiger partial charge in [0.1, 0.15) is 0 Å². The fraction of sp³-hybridized carbons (Fsp3) is 0.357. The van der Waals surface area contributed by atoms with Gasteiger partial charge in [0.15, 0.2) is 0 Å². The maximum Gasteiger partial charge on any atom is 0.313 e. The van der Waals surface area contributed by atoms with E-state index in [4.69, 9.17) is 4.74 Å². The third-order valence-corrected chi connectivity index (χ3v) is 4.32. The zero-order valence-corrected chi connectivity index (χ0v) is 11.3. The first kappa shape index (κ1) is 13.1. The number of carboxylic acids is 1. The van der Waals surface area contributed by atoms with E-state index in [1.807, 2.05) is 29.6 Å². The lowest BCUT2D eigenvalue weighted by atomic mass is 9.79. The number of ether oxygens (including phenoxy) is 1. The van der Waals surface area contributed by atoms with Gasteiger partial charge >= 0.3 is 5.97 Å². The monoisotopic (exact) mass is 264 g/mol. The Labute approximate surface area is 110 Å². The second kappa shape index (κ2) is 5.08. The average molecular weight is 264 g/mol. The first-order valence-electron chi connectivity index (χ1n) is 5.78. The van der Waals surface area contributed by atoms with E-state index in [-0.39, 0.29) is 0 Å². The normalized spacial score (nSPS) is 14.6. The average Bonchev–Trinajstić information content (AvgIpc) is 2.80. The highest BCUT2D eigenvalue weighted by Gasteiger charge is 2.36. The molecule has 2 aromatic rings. The molecule has 0 amide bonds. The fourth-order valence-corrected chi connectivity index (χ4v) is 3.16. The third kappa shape index (κ3) is 2.13. The Bertz CT molecular complexity index is 561. The van der Waals surface area contributed by atoms with Gasteiger partial charge < -0.3 is 9.84 Å². The minimum Gasteiger partial charge on any atom is -0.481 e. The molecule has 0 aliphatic carbocycles. The Morgan fingerprint density at radius 2 is 2.17 bits per heavy atom. The summed E-state index contributed by atoms with van der Waals surface area (Å²) in [5, 5.41) is 12.5. The van der Waals surface area contributed by atoms with Crippen LogP contribution in [0, 0.1) is 0 Å². The molecule has 0 aliphatic heterocycles. The van der Waals surface area contributed by atoms with Crippen LogP contribution in [0.2, 0.25) is 0 Å². The molecule has 0 saturated carbocycles. The zero-order chi connectivity index (χ0) is 13.2. The summed E-state index contributed by atoms with van der Waals surface area (Å²) >= 11 is 1.59. The number of methoxy groups -OCH3 is 1. The van der Waals surface area contributed by atoms with Gasteiger partial charge in [0, 0.05) is 18.4 Å². The van der Waals surface area contributed by atoms with Crippen molar-refractivity contribution in [1.29, 1.82) is 0 Å². The number of aliphatic carboxylic acids is 1. The topological polar surface area (TPSA) is 46.5 Å². The van der Waals surface area contributed by atoms with Crippen LogP contribution in [-0.4, -0.2) is 24.8 Å². The van der Waals surface area contributed by atoms with Crippen molar-refractivity contribution in [3.63, 3.8) is 0 Å². The van der Waals surface area contributed by atoms with Crippen molar-refractivity contribution >= 4 is 27.4 Å². The largest absolute Gasteiger partial charge is 0.481 e. The smallest absolute Gasteiger partial charge is 0.313 e. The van der Waals surface area contributed by atoms with E-state index < -0.39 is 11.4 Å². The molecule has 1 aromatic carbocycles. The van der Waals surface area contributed by atoms with Gasteiger partial charge in [-0.05, 0) is 35.7 Å². The molecule has 2 rings (SSSR count). The second-order valence-electron chi connectivity index (χ2n) is 4.53. The maximum absolute atomic E-state index is 11.6. The standard InChI is InChI=1S/C14H16O3S/c1-14(13(15)16,7-8-17-2)11-9-18-12-6-4-3-5-10(11)12/h3-6,9H,7-8H2,1-2H3,(H,15,16). The lowest BCUT2D eigenvalue weighted by molar-refractivity contribution is -0.143. The second-order valence-corrected chi connectivity index (χ2v) is 5.44. The molecule has 3 nitrogen and oxygen atoms in total. The Kier molecular flexibility index (Phi) is 3.68. The summed E-state index contributed by atoms with van der Waals surface area (Å²) in [4.78, 5) is 11.6. The molecule has 0 spiro atoms. The van der Waals surface area contributed by atoms with Gasteiger partial charge in [0.05, 0.1) is 5.41 Å². The number of fused-ring (bicyclic) bond motifs is 1. The van der Waals surface area contributed by atoms with Crippen LogP contribution in [0.5, 0.6) is 0 Å². The number of hydrogen-bond acceptors (Lipinski definition) is 3. The SMILES string of the molecule is COCCC(C)(C(=O)O)c1csc2ccccc12. The molecule has 1 atom stereocenters. The van der Waals surface area contributed by atoms with Crippen LogP contribution in [0.4, 0.5) is 0 Å². The van der Waals surface area contributed by atoms with Crippen molar-refractivity contribution in [2.24, 2.45) is 0 Å². The van der Waals surface area contributed by atoms with E-state index in [1.54, 1.807) is 25.4 Å². The Morgan fingerprint density at radius 1 is 1.44 bits per heavy atom. The molecule has 0 radical (unpaired) electrons. The van der Waals surface area contributed by atoms with Crippen LogP contribution in [0.15, 0.2) is 29.6 Å². The Morgan fingerprint density at radius 3 is 2.83 bits per heavy atom. The van der Waals surface area contributed by atoms with Gasteiger partial charge in [-0.1, -0.05) is 18.2 Å². The molecule has 1 N–H and O–H groups in total. The van der Waals surface area contributed by atoms with E-state index in [9.17, 15) is 9.90 Å². The summed E-state index contributed by atoms with van der Waals surface area (Å²) in [5.74, 6) is -0.803. The minimum absolute atomic E-state index is 0.437. The summed E-state index contributed by atoms with van der Waals surface area (Å²) in [6.07, 6.45) is 0.472. The quantitative estimate of drug-likeness (QED) is 0.901. The molecular formula is C14H16O3S. The molecule has 1 aromatic heterocycles. The van der Waals surface area contributed by atoms with Gasteiger partial charge in [-0.3, -0.25) is 4.79 Å². The van der Waals surface area contributed by atoms with Crippen LogP contribution in [0.25, 0.3) is 10.1 Å². The predicted octanol–water partition coefficient (Wildman–Crippen LogP) is 3.28. The number of hydrogen-bond donors (Lipinski definition) is 1. The summed E-state index contributed by atoms with van der Waals surface area (Å²) in [7, 11) is 1.59. The first-order valence-corrected chi connectivity index (χ1v) is 6.66. The highest BCUT2D eigenvalue weighted by molar-refractivity contribution is 7.17. The molecule has 0 fully saturated rings. The van der Waals surface area contributed by atoms with Gasteiger partial charge in [-0.25, -0.2) is 0 Å². The first-order chi connectivity index (χ1) is 8.59. The number of thiophene rings is 1. The lowest BCUT2D eigenvalue weighted by Gasteiger charge is -2.24. The summed E-state index contributed by atoms with van der Waals surface area (Å²) in [5.41, 5.74) is -0.0112. The van der Waals surface area contributed by atoms with E-state index >= 15 is 0 Å². The van der Waals surface area contributed by atoms with Crippen molar-refractivity contribution in [2.45, 2.75) is 18.8 Å². The van der Waals surface area contributed by atoms with Gasteiger partial charge in [-0.15, -0.1) is 11.3 Å². The summed E-state index contributed by atoms with van der Waals surface area (Å²) < 4.78 is 6.16. The molecule has 18 heavy (non-hydrogen) atoms. The molecule has 1 unspecified atom stereocenters. The Balaban J connectivity index is 2.51. The highest BCUT2D eigenvalue weighted by atomic mass is 32.1. The van der Waals surface area contributed by atoms with Gasteiger partial charge in [0.25, 0.3) is 0 Å². The van der Waals surface area contributed by atoms with Crippen LogP contribution >= 0.6 is 11.3 Å². The number of rotatable bonds is 5. The van der Waals surface area contributed by atoms with Crippen molar-refractivity contribution < 1.29 is 14.6 Å². The van der Waals surface area contributed by atoms with Crippen molar-refractivity contribution in [1.82, 2.24) is 0 Å². The number of carbonyl (C=O) groups is 1. The van der Waals surface area contributed by atoms with Crippen LogP contribution < -0.4 is 0 Å². The molecule has 96 valence electrons. The molecular weight excluding hydrogens is 248 g/mol. The summed E-state index contributed by atoms with van der Waals surface area (Å²) in [6.45, 7) is 2.20. The molecule has 4 heteroatoms. The molecule has 0 bridgehead atoms. The van der Waals surface area contributed by atoms with E-state index in [2.05, 4.69) is 0 Å². The van der Waals surface area contributed by atoms with Crippen molar-refractivity contribution in [3.05, 3.63) is 35.2 Å². The fourth-order valence-electron chi connectivity index (χ4n) is 2.07. The highest BCUT2D eigenvalue weighted by Crippen LogP contribution is 2.37. The molecule has 0 aliphatic rings. The predicted molar refractivity (Wildman–Crippen MR) is 73.3 cm³/mol. The molecule has 1 heterocycles. The minimum atomic E-state index is -0.893. The van der Waals surface area contributed by atoms with Crippen molar-refractivity contribution in [2.75, 3.05) is 13.7 Å². The van der Waals surface area contributed by atoms with E-state index in [1.165, 1.54) is 0 Å². The maximum atomic E-state index is 11.6. The lowest BCUT2D eigenvalue weighted by Crippen LogP contribution is -2.33. The van der Waals surface area contributed by atoms with E-state index in [0.717, 1.165) is 15.6 Å². The van der Waals surface area contributed by atoms with Crippen LogP contribution in [0.3, 0.4) is 0 Å². The van der Waals surface area contributed by atoms with Gasteiger partial charge in [0.2, 0.25) is 0 Å². The van der Waals surface area contributed by atoms with E-state index in [0.29, 0.717) is 13.0 Å². The number of benzene rings is 1. The third-order valence-electron chi connectivity index (χ3n) is 3.35.